The van der Waals surface area contributed by atoms with E-state index in [1.807, 2.05) is 0 Å². The fourth-order valence-electron chi connectivity index (χ4n) is 0.378. The molecule has 0 aromatic carbocycles. The molecule has 0 saturated heterocycles. The lowest BCUT2D eigenvalue weighted by Crippen LogP contribution is -1.79. The zero-order valence-electron chi connectivity index (χ0n) is 4.00. The van der Waals surface area contributed by atoms with Gasteiger partial charge in [0.05, 0.1) is 4.90 Å². The summed E-state index contributed by atoms with van der Waals surface area (Å²) in [6.45, 7) is 0. The Morgan fingerprint density at radius 1 is 1.62 bits per heavy atom. The highest BCUT2D eigenvalue weighted by molar-refractivity contribution is 7.80. The highest BCUT2D eigenvalue weighted by atomic mass is 32.1. The first kappa shape index (κ1) is 5.56. The molecule has 1 aromatic heterocycles. The van der Waals surface area contributed by atoms with Gasteiger partial charge >= 0.3 is 0 Å². The second-order valence-corrected chi connectivity index (χ2v) is 1.80. The molecule has 0 saturated carbocycles. The van der Waals surface area contributed by atoms with Gasteiger partial charge in [-0.1, -0.05) is 0 Å². The van der Waals surface area contributed by atoms with Gasteiger partial charge in [-0.3, -0.25) is 0 Å². The third kappa shape index (κ3) is 0.980. The van der Waals surface area contributed by atoms with Crippen LogP contribution < -0.4 is 0 Å². The van der Waals surface area contributed by atoms with E-state index in [4.69, 9.17) is 0 Å². The van der Waals surface area contributed by atoms with Crippen molar-refractivity contribution in [3.8, 4) is 0 Å². The van der Waals surface area contributed by atoms with E-state index >= 15 is 0 Å². The Bertz CT molecular complexity index is 169. The second kappa shape index (κ2) is 2.13. The van der Waals surface area contributed by atoms with Crippen molar-refractivity contribution in [1.29, 1.82) is 0 Å². The lowest BCUT2D eigenvalue weighted by Gasteiger charge is -1.87. The number of hydrogen-bond donors (Lipinski definition) is 1. The number of thiol groups is 1. The van der Waals surface area contributed by atoms with Crippen LogP contribution in [-0.4, -0.2) is 4.98 Å². The molecule has 0 aliphatic carbocycles. The van der Waals surface area contributed by atoms with E-state index in [0.29, 0.717) is 0 Å². The van der Waals surface area contributed by atoms with Crippen molar-refractivity contribution in [2.75, 3.05) is 0 Å². The summed E-state index contributed by atoms with van der Waals surface area (Å²) in [7, 11) is 0. The molecule has 1 nitrogen and oxygen atoms in total. The Hall–Kier alpha value is -0.570. The van der Waals surface area contributed by atoms with Gasteiger partial charge < -0.3 is 0 Å². The minimum Gasteiger partial charge on any atom is -0.227 e. The van der Waals surface area contributed by atoms with Crippen molar-refractivity contribution in [1.82, 2.24) is 4.98 Å². The van der Waals surface area contributed by atoms with Gasteiger partial charge in [0, 0.05) is 6.20 Å². The predicted octanol–water partition coefficient (Wildman–Crippen LogP) is 1.51. The largest absolute Gasteiger partial charge is 0.227 e. The maximum absolute atomic E-state index is 12.1. The number of nitrogens with zero attached hydrogens (tertiary/aromatic N) is 1. The Morgan fingerprint density at radius 3 is 2.75 bits per heavy atom. The first-order valence-electron chi connectivity index (χ1n) is 2.10. The molecular formula is C5H4FNS. The molecule has 3 heteroatoms. The fraction of sp³-hybridized carbons (Fsp3) is 0. The van der Waals surface area contributed by atoms with Crippen LogP contribution in [0.5, 0.6) is 0 Å². The lowest BCUT2D eigenvalue weighted by atomic mass is 10.5. The molecule has 1 aromatic rings. The maximum Gasteiger partial charge on any atom is 0.226 e. The second-order valence-electron chi connectivity index (χ2n) is 1.31. The van der Waals surface area contributed by atoms with Crippen molar-refractivity contribution in [2.24, 2.45) is 0 Å². The highest BCUT2D eigenvalue weighted by Gasteiger charge is 1.91. The van der Waals surface area contributed by atoms with Gasteiger partial charge in [-0.15, -0.1) is 12.6 Å². The molecule has 0 radical (unpaired) electrons. The molecule has 0 amide bonds. The molecule has 0 atom stereocenters. The standard InChI is InChI=1S/C5H4FNS/c6-5-4(8)2-1-3-7-5/h1-3,8H. The molecule has 0 fully saturated rings. The van der Waals surface area contributed by atoms with Crippen LogP contribution in [0.4, 0.5) is 4.39 Å². The van der Waals surface area contributed by atoms with Crippen LogP contribution >= 0.6 is 12.6 Å². The van der Waals surface area contributed by atoms with E-state index in [0.717, 1.165) is 0 Å². The van der Waals surface area contributed by atoms with Gasteiger partial charge in [0.25, 0.3) is 0 Å². The molecule has 0 aliphatic rings. The van der Waals surface area contributed by atoms with Gasteiger partial charge in [0.2, 0.25) is 5.95 Å². The van der Waals surface area contributed by atoms with Gasteiger partial charge in [0.1, 0.15) is 0 Å². The van der Waals surface area contributed by atoms with Crippen molar-refractivity contribution in [3.63, 3.8) is 0 Å². The first-order chi connectivity index (χ1) is 3.80. The predicted molar refractivity (Wildman–Crippen MR) is 31.4 cm³/mol. The maximum atomic E-state index is 12.1. The van der Waals surface area contributed by atoms with Gasteiger partial charge in [-0.2, -0.15) is 4.39 Å². The summed E-state index contributed by atoms with van der Waals surface area (Å²) < 4.78 is 12.1. The smallest absolute Gasteiger partial charge is 0.226 e. The Kier molecular flexibility index (Phi) is 1.48. The first-order valence-corrected chi connectivity index (χ1v) is 2.55. The Labute approximate surface area is 52.0 Å². The normalized spacial score (nSPS) is 9.25. The van der Waals surface area contributed by atoms with Crippen LogP contribution in [-0.2, 0) is 0 Å². The van der Waals surface area contributed by atoms with E-state index in [1.165, 1.54) is 6.20 Å². The molecule has 0 spiro atoms. The number of halogens is 1. The van der Waals surface area contributed by atoms with Crippen LogP contribution in [0.25, 0.3) is 0 Å². The molecular weight excluding hydrogens is 125 g/mol. The highest BCUT2D eigenvalue weighted by Crippen LogP contribution is 2.05. The third-order valence-corrected chi connectivity index (χ3v) is 1.07. The monoisotopic (exact) mass is 129 g/mol. The average molecular weight is 129 g/mol. The van der Waals surface area contributed by atoms with Crippen LogP contribution in [0.1, 0.15) is 0 Å². The summed E-state index contributed by atoms with van der Waals surface area (Å²) in [6.07, 6.45) is 1.38. The summed E-state index contributed by atoms with van der Waals surface area (Å²) in [6, 6.07) is 3.18. The van der Waals surface area contributed by atoms with Gasteiger partial charge in [-0.25, -0.2) is 4.98 Å². The number of pyridine rings is 1. The SMILES string of the molecule is Fc1ncccc1S. The Morgan fingerprint density at radius 2 is 2.38 bits per heavy atom. The van der Waals surface area contributed by atoms with Gasteiger partial charge in [0.15, 0.2) is 0 Å². The summed E-state index contributed by atoms with van der Waals surface area (Å²) in [5.74, 6) is -0.518. The van der Waals surface area contributed by atoms with Crippen molar-refractivity contribution < 1.29 is 4.39 Å². The zero-order valence-corrected chi connectivity index (χ0v) is 4.90. The molecule has 0 N–H and O–H groups in total. The fourth-order valence-corrected chi connectivity index (χ4v) is 0.521. The van der Waals surface area contributed by atoms with Crippen molar-refractivity contribution in [2.45, 2.75) is 4.90 Å². The number of hydrogen-bond acceptors (Lipinski definition) is 2. The lowest BCUT2D eigenvalue weighted by molar-refractivity contribution is 0.558. The Balaban J connectivity index is 3.13. The summed E-state index contributed by atoms with van der Waals surface area (Å²) in [5, 5.41) is 0. The average Bonchev–Trinajstić information content (AvgIpc) is 1.77. The van der Waals surface area contributed by atoms with Crippen LogP contribution in [0, 0.1) is 5.95 Å². The number of aromatic nitrogens is 1. The molecule has 0 unspecified atom stereocenters. The van der Waals surface area contributed by atoms with Crippen molar-refractivity contribution in [3.05, 3.63) is 24.3 Å². The summed E-state index contributed by atoms with van der Waals surface area (Å²) in [5.41, 5.74) is 0. The summed E-state index contributed by atoms with van der Waals surface area (Å²) in [4.78, 5) is 3.62. The minimum absolute atomic E-state index is 0.285. The van der Waals surface area contributed by atoms with Crippen LogP contribution in [0.15, 0.2) is 23.2 Å². The summed E-state index contributed by atoms with van der Waals surface area (Å²) >= 11 is 3.76. The van der Waals surface area contributed by atoms with E-state index in [9.17, 15) is 4.39 Å². The molecule has 1 rings (SSSR count). The van der Waals surface area contributed by atoms with E-state index in [2.05, 4.69) is 17.6 Å². The van der Waals surface area contributed by atoms with Crippen molar-refractivity contribution >= 4 is 12.6 Å². The van der Waals surface area contributed by atoms with E-state index < -0.39 is 5.95 Å². The van der Waals surface area contributed by atoms with E-state index in [1.54, 1.807) is 12.1 Å². The molecule has 0 aliphatic heterocycles. The topological polar surface area (TPSA) is 12.9 Å². The quantitative estimate of drug-likeness (QED) is 0.414. The number of rotatable bonds is 0. The molecule has 0 bridgehead atoms. The molecule has 42 valence electrons. The molecule has 1 heterocycles. The molecule has 8 heavy (non-hydrogen) atoms. The third-order valence-electron chi connectivity index (χ3n) is 0.739. The van der Waals surface area contributed by atoms with Gasteiger partial charge in [-0.05, 0) is 12.1 Å². The van der Waals surface area contributed by atoms with Crippen LogP contribution in [0.2, 0.25) is 0 Å². The minimum atomic E-state index is -0.518. The van der Waals surface area contributed by atoms with Crippen LogP contribution in [0.3, 0.4) is 0 Å². The zero-order chi connectivity index (χ0) is 5.98. The van der Waals surface area contributed by atoms with E-state index in [-0.39, 0.29) is 4.90 Å².